The molecule has 1 heterocycles. The van der Waals surface area contributed by atoms with E-state index in [0.717, 1.165) is 30.4 Å². The maximum absolute atomic E-state index is 12.3. The van der Waals surface area contributed by atoms with Crippen LogP contribution in [0.5, 0.6) is 0 Å². The van der Waals surface area contributed by atoms with Crippen LogP contribution in [-0.2, 0) is 13.0 Å². The minimum absolute atomic E-state index is 0.0767. The zero-order valence-corrected chi connectivity index (χ0v) is 14.4. The van der Waals surface area contributed by atoms with Crippen molar-refractivity contribution in [2.75, 3.05) is 6.54 Å². The number of nitrogens with zero attached hydrogens (tertiary/aromatic N) is 2. The molecule has 2 aromatic carbocycles. The molecule has 24 heavy (non-hydrogen) atoms. The van der Waals surface area contributed by atoms with Crippen molar-refractivity contribution in [2.24, 2.45) is 0 Å². The monoisotopic (exact) mass is 341 g/mol. The molecule has 0 saturated carbocycles. The average molecular weight is 342 g/mol. The first kappa shape index (κ1) is 16.5. The smallest absolute Gasteiger partial charge is 0.251 e. The van der Waals surface area contributed by atoms with Gasteiger partial charge in [-0.2, -0.15) is 0 Å². The van der Waals surface area contributed by atoms with E-state index < -0.39 is 0 Å². The second kappa shape index (κ2) is 7.49. The summed E-state index contributed by atoms with van der Waals surface area (Å²) in [5, 5.41) is 3.41. The van der Waals surface area contributed by atoms with Crippen LogP contribution in [0.3, 0.4) is 0 Å². The van der Waals surface area contributed by atoms with Gasteiger partial charge in [-0.15, -0.1) is 0 Å². The highest BCUT2D eigenvalue weighted by Crippen LogP contribution is 2.21. The summed E-state index contributed by atoms with van der Waals surface area (Å²) in [6, 6.07) is 15.8. The van der Waals surface area contributed by atoms with Gasteiger partial charge in [0.05, 0.1) is 11.0 Å². The van der Waals surface area contributed by atoms with Crippen molar-refractivity contribution >= 4 is 28.5 Å². The predicted molar refractivity (Wildman–Crippen MR) is 97.5 cm³/mol. The van der Waals surface area contributed by atoms with Gasteiger partial charge in [-0.1, -0.05) is 30.3 Å². The largest absolute Gasteiger partial charge is 0.352 e. The molecule has 5 heteroatoms. The molecule has 0 fully saturated rings. The zero-order chi connectivity index (χ0) is 16.9. The van der Waals surface area contributed by atoms with Crippen molar-refractivity contribution in [3.8, 4) is 0 Å². The van der Waals surface area contributed by atoms with E-state index in [1.165, 1.54) is 5.56 Å². The molecule has 0 aliphatic rings. The molecule has 0 radical (unpaired) electrons. The van der Waals surface area contributed by atoms with Crippen LogP contribution in [0.4, 0.5) is 0 Å². The SMILES string of the molecule is CCn1c(Cl)nc2cc(C(=O)NCCCc3ccccc3)ccc21. The van der Waals surface area contributed by atoms with Crippen LogP contribution in [0.2, 0.25) is 5.28 Å². The molecule has 1 N–H and O–H groups in total. The van der Waals surface area contributed by atoms with Crippen LogP contribution >= 0.6 is 11.6 Å². The van der Waals surface area contributed by atoms with Crippen LogP contribution < -0.4 is 5.32 Å². The predicted octanol–water partition coefficient (Wildman–Crippen LogP) is 4.07. The van der Waals surface area contributed by atoms with Gasteiger partial charge in [-0.3, -0.25) is 4.79 Å². The van der Waals surface area contributed by atoms with Gasteiger partial charge in [0.1, 0.15) is 0 Å². The summed E-state index contributed by atoms with van der Waals surface area (Å²) in [6.45, 7) is 3.41. The first-order valence-corrected chi connectivity index (χ1v) is 8.54. The number of fused-ring (bicyclic) bond motifs is 1. The Morgan fingerprint density at radius 3 is 2.75 bits per heavy atom. The lowest BCUT2D eigenvalue weighted by molar-refractivity contribution is 0.0953. The second-order valence-corrected chi connectivity index (χ2v) is 6.01. The number of halogens is 1. The fourth-order valence-electron chi connectivity index (χ4n) is 2.78. The van der Waals surface area contributed by atoms with E-state index in [9.17, 15) is 4.79 Å². The van der Waals surface area contributed by atoms with Crippen LogP contribution in [0, 0.1) is 0 Å². The van der Waals surface area contributed by atoms with Gasteiger partial charge < -0.3 is 9.88 Å². The van der Waals surface area contributed by atoms with Crippen molar-refractivity contribution in [2.45, 2.75) is 26.3 Å². The summed E-state index contributed by atoms with van der Waals surface area (Å²) < 4.78 is 1.92. The van der Waals surface area contributed by atoms with Crippen LogP contribution in [0.1, 0.15) is 29.3 Å². The van der Waals surface area contributed by atoms with Gasteiger partial charge >= 0.3 is 0 Å². The van der Waals surface area contributed by atoms with E-state index in [2.05, 4.69) is 22.4 Å². The minimum Gasteiger partial charge on any atom is -0.352 e. The van der Waals surface area contributed by atoms with E-state index >= 15 is 0 Å². The third-order valence-corrected chi connectivity index (χ3v) is 4.34. The third-order valence-electron chi connectivity index (χ3n) is 4.05. The van der Waals surface area contributed by atoms with E-state index in [1.807, 2.05) is 41.8 Å². The molecule has 0 spiro atoms. The van der Waals surface area contributed by atoms with Crippen molar-refractivity contribution in [1.82, 2.24) is 14.9 Å². The molecule has 0 aliphatic carbocycles. The Hall–Kier alpha value is -2.33. The normalized spacial score (nSPS) is 10.9. The summed E-state index contributed by atoms with van der Waals surface area (Å²) >= 11 is 6.11. The van der Waals surface area contributed by atoms with E-state index in [1.54, 1.807) is 6.07 Å². The maximum atomic E-state index is 12.3. The highest BCUT2D eigenvalue weighted by Gasteiger charge is 2.11. The molecule has 4 nitrogen and oxygen atoms in total. The lowest BCUT2D eigenvalue weighted by Gasteiger charge is -2.06. The van der Waals surface area contributed by atoms with Crippen molar-refractivity contribution < 1.29 is 4.79 Å². The number of imidazole rings is 1. The number of hydrogen-bond acceptors (Lipinski definition) is 2. The number of nitrogens with one attached hydrogen (secondary N) is 1. The van der Waals surface area contributed by atoms with Gasteiger partial charge in [0.2, 0.25) is 5.28 Å². The molecule has 0 unspecified atom stereocenters. The van der Waals surface area contributed by atoms with Crippen LogP contribution in [0.15, 0.2) is 48.5 Å². The first-order chi connectivity index (χ1) is 11.7. The van der Waals surface area contributed by atoms with Crippen molar-refractivity contribution in [1.29, 1.82) is 0 Å². The number of rotatable bonds is 6. The summed E-state index contributed by atoms with van der Waals surface area (Å²) in [7, 11) is 0. The summed E-state index contributed by atoms with van der Waals surface area (Å²) in [6.07, 6.45) is 1.87. The number of carbonyl (C=O) groups is 1. The molecule has 3 rings (SSSR count). The number of aryl methyl sites for hydroxylation is 2. The number of amides is 1. The molecule has 3 aromatic rings. The molecule has 0 bridgehead atoms. The fourth-order valence-corrected chi connectivity index (χ4v) is 3.09. The summed E-state index contributed by atoms with van der Waals surface area (Å²) in [4.78, 5) is 16.6. The molecular formula is C19H20ClN3O. The lowest BCUT2D eigenvalue weighted by atomic mass is 10.1. The molecule has 0 aliphatic heterocycles. The minimum atomic E-state index is -0.0767. The fraction of sp³-hybridized carbons (Fsp3) is 0.263. The Bertz CT molecular complexity index is 842. The first-order valence-electron chi connectivity index (χ1n) is 8.17. The number of hydrogen-bond donors (Lipinski definition) is 1. The van der Waals surface area contributed by atoms with E-state index in [0.29, 0.717) is 17.4 Å². The standard InChI is InChI=1S/C19H20ClN3O/c1-2-23-17-11-10-15(13-16(17)22-19(23)20)18(24)21-12-6-9-14-7-4-3-5-8-14/h3-5,7-8,10-11,13H,2,6,9,12H2,1H3,(H,21,24). The lowest BCUT2D eigenvalue weighted by Crippen LogP contribution is -2.24. The Labute approximate surface area is 146 Å². The number of carbonyl (C=O) groups excluding carboxylic acids is 1. The van der Waals surface area contributed by atoms with Gasteiger partial charge in [-0.05, 0) is 55.1 Å². The molecule has 1 aromatic heterocycles. The van der Waals surface area contributed by atoms with Gasteiger partial charge in [0.15, 0.2) is 0 Å². The summed E-state index contributed by atoms with van der Waals surface area (Å²) in [5.41, 5.74) is 3.59. The van der Waals surface area contributed by atoms with Crippen molar-refractivity contribution in [3.05, 3.63) is 64.9 Å². The molecule has 0 saturated heterocycles. The number of aromatic nitrogens is 2. The Morgan fingerprint density at radius 1 is 1.21 bits per heavy atom. The second-order valence-electron chi connectivity index (χ2n) is 5.67. The quantitative estimate of drug-likeness (QED) is 0.687. The maximum Gasteiger partial charge on any atom is 0.251 e. The topological polar surface area (TPSA) is 46.9 Å². The Kier molecular flexibility index (Phi) is 5.16. The van der Waals surface area contributed by atoms with Crippen molar-refractivity contribution in [3.63, 3.8) is 0 Å². The molecular weight excluding hydrogens is 322 g/mol. The number of benzene rings is 2. The van der Waals surface area contributed by atoms with E-state index in [-0.39, 0.29) is 5.91 Å². The van der Waals surface area contributed by atoms with Gasteiger partial charge in [-0.25, -0.2) is 4.98 Å². The van der Waals surface area contributed by atoms with Crippen LogP contribution in [0.25, 0.3) is 11.0 Å². The Balaban J connectivity index is 1.60. The highest BCUT2D eigenvalue weighted by molar-refractivity contribution is 6.29. The molecule has 1 amide bonds. The third kappa shape index (κ3) is 3.60. The molecule has 124 valence electrons. The van der Waals surface area contributed by atoms with E-state index in [4.69, 9.17) is 11.6 Å². The zero-order valence-electron chi connectivity index (χ0n) is 13.6. The summed E-state index contributed by atoms with van der Waals surface area (Å²) in [5.74, 6) is -0.0767. The van der Waals surface area contributed by atoms with Gasteiger partial charge in [0.25, 0.3) is 5.91 Å². The Morgan fingerprint density at radius 2 is 2.00 bits per heavy atom. The van der Waals surface area contributed by atoms with Gasteiger partial charge in [0, 0.05) is 18.7 Å². The van der Waals surface area contributed by atoms with Crippen LogP contribution in [-0.4, -0.2) is 22.0 Å². The highest BCUT2D eigenvalue weighted by atomic mass is 35.5. The average Bonchev–Trinajstić information content (AvgIpc) is 2.93. The molecule has 0 atom stereocenters.